The molecule has 1 aromatic rings. The average molecular weight is 402 g/mol. The first-order valence-corrected chi connectivity index (χ1v) is 9.89. The van der Waals surface area contributed by atoms with Gasteiger partial charge in [-0.2, -0.15) is 0 Å². The van der Waals surface area contributed by atoms with E-state index in [2.05, 4.69) is 11.9 Å². The van der Waals surface area contributed by atoms with Crippen LogP contribution in [0.15, 0.2) is 36.4 Å². The fourth-order valence-electron chi connectivity index (χ4n) is 2.88. The highest BCUT2D eigenvalue weighted by atomic mass is 16.5. The van der Waals surface area contributed by atoms with Crippen LogP contribution in [-0.4, -0.2) is 55.0 Å². The molecule has 0 spiro atoms. The predicted octanol–water partition coefficient (Wildman–Crippen LogP) is 2.56. The molecule has 0 bridgehead atoms. The molecule has 0 radical (unpaired) electrons. The van der Waals surface area contributed by atoms with Crippen LogP contribution in [0.2, 0.25) is 0 Å². The first-order valence-electron chi connectivity index (χ1n) is 9.89. The predicted molar refractivity (Wildman–Crippen MR) is 110 cm³/mol. The second-order valence-electron chi connectivity index (χ2n) is 7.69. The topological polar surface area (TPSA) is 84.9 Å². The van der Waals surface area contributed by atoms with Crippen molar-refractivity contribution in [2.24, 2.45) is 5.92 Å². The zero-order valence-corrected chi connectivity index (χ0v) is 17.4. The van der Waals surface area contributed by atoms with Crippen LogP contribution in [0.3, 0.4) is 0 Å². The molecule has 7 heteroatoms. The van der Waals surface area contributed by atoms with Gasteiger partial charge < -0.3 is 19.7 Å². The molecule has 0 aromatic heterocycles. The summed E-state index contributed by atoms with van der Waals surface area (Å²) in [6.45, 7) is 11.0. The van der Waals surface area contributed by atoms with E-state index in [-0.39, 0.29) is 18.2 Å². The summed E-state index contributed by atoms with van der Waals surface area (Å²) in [5.41, 5.74) is 1.27. The van der Waals surface area contributed by atoms with E-state index in [1.165, 1.54) is 4.90 Å². The summed E-state index contributed by atoms with van der Waals surface area (Å²) in [4.78, 5) is 39.0. The van der Waals surface area contributed by atoms with Crippen LogP contribution in [0, 0.1) is 5.92 Å². The maximum Gasteiger partial charge on any atom is 0.308 e. The van der Waals surface area contributed by atoms with Crippen molar-refractivity contribution in [3.05, 3.63) is 42.0 Å². The lowest BCUT2D eigenvalue weighted by atomic mass is 10.1. The number of hydrogen-bond acceptors (Lipinski definition) is 5. The number of hydrogen-bond donors (Lipinski definition) is 1. The van der Waals surface area contributed by atoms with Crippen molar-refractivity contribution >= 4 is 17.8 Å². The van der Waals surface area contributed by atoms with Gasteiger partial charge in [0, 0.05) is 18.7 Å². The zero-order valence-electron chi connectivity index (χ0n) is 17.4. The smallest absolute Gasteiger partial charge is 0.308 e. The van der Waals surface area contributed by atoms with E-state index in [0.717, 1.165) is 12.0 Å². The minimum Gasteiger partial charge on any atom is -0.489 e. The number of piperazine rings is 1. The zero-order chi connectivity index (χ0) is 21.4. The molecular weight excluding hydrogens is 372 g/mol. The third-order valence-corrected chi connectivity index (χ3v) is 4.48. The fourth-order valence-corrected chi connectivity index (χ4v) is 2.88. The number of ether oxygens (including phenoxy) is 2. The summed E-state index contributed by atoms with van der Waals surface area (Å²) in [5, 5.41) is 2.72. The van der Waals surface area contributed by atoms with Gasteiger partial charge in [-0.1, -0.05) is 26.5 Å². The Bertz CT molecular complexity index is 759. The van der Waals surface area contributed by atoms with Gasteiger partial charge in [-0.05, 0) is 43.0 Å². The number of esters is 1. The van der Waals surface area contributed by atoms with Crippen molar-refractivity contribution in [1.82, 2.24) is 10.2 Å². The van der Waals surface area contributed by atoms with E-state index in [0.29, 0.717) is 43.5 Å². The molecule has 2 amide bonds. The molecular formula is C22H30N2O5. The van der Waals surface area contributed by atoms with Crippen molar-refractivity contribution in [1.29, 1.82) is 0 Å². The van der Waals surface area contributed by atoms with Gasteiger partial charge in [0.2, 0.25) is 5.91 Å². The van der Waals surface area contributed by atoms with Gasteiger partial charge in [0.25, 0.3) is 5.91 Å². The van der Waals surface area contributed by atoms with Gasteiger partial charge in [0.05, 0.1) is 13.0 Å². The standard InChI is InChI=1S/C22H30N2O5/c1-15(2)8-11-28-20(25)13-19-21(26)23-9-10-24(19)22(27)17-6-5-7-18(12-17)29-14-16(3)4/h5-7,12,15,19H,3,8-11,13-14H2,1-2,4H3,(H,23,26). The lowest BCUT2D eigenvalue weighted by molar-refractivity contribution is -0.148. The number of nitrogens with zero attached hydrogens (tertiary/aromatic N) is 1. The summed E-state index contributed by atoms with van der Waals surface area (Å²) in [6, 6.07) is 5.89. The molecule has 1 aliphatic heterocycles. The monoisotopic (exact) mass is 402 g/mol. The Kier molecular flexibility index (Phi) is 8.24. The number of amides is 2. The molecule has 1 aliphatic rings. The Morgan fingerprint density at radius 3 is 2.79 bits per heavy atom. The largest absolute Gasteiger partial charge is 0.489 e. The van der Waals surface area contributed by atoms with Crippen LogP contribution in [-0.2, 0) is 14.3 Å². The molecule has 29 heavy (non-hydrogen) atoms. The third kappa shape index (κ3) is 6.93. The van der Waals surface area contributed by atoms with Gasteiger partial charge in [0.15, 0.2) is 0 Å². The Hall–Kier alpha value is -2.83. The van der Waals surface area contributed by atoms with Crippen LogP contribution in [0.25, 0.3) is 0 Å². The highest BCUT2D eigenvalue weighted by molar-refractivity contribution is 5.99. The summed E-state index contributed by atoms with van der Waals surface area (Å²) >= 11 is 0. The normalized spacial score (nSPS) is 16.3. The van der Waals surface area contributed by atoms with E-state index in [4.69, 9.17) is 9.47 Å². The molecule has 1 unspecified atom stereocenters. The van der Waals surface area contributed by atoms with Crippen molar-refractivity contribution in [2.75, 3.05) is 26.3 Å². The maximum absolute atomic E-state index is 13.1. The Morgan fingerprint density at radius 1 is 1.34 bits per heavy atom. The molecule has 1 atom stereocenters. The van der Waals surface area contributed by atoms with E-state index in [1.807, 2.05) is 20.8 Å². The fraction of sp³-hybridized carbons (Fsp3) is 0.500. The molecule has 1 N–H and O–H groups in total. The van der Waals surface area contributed by atoms with Crippen LogP contribution in [0.1, 0.15) is 44.0 Å². The lowest BCUT2D eigenvalue weighted by Gasteiger charge is -2.34. The molecule has 158 valence electrons. The van der Waals surface area contributed by atoms with Crippen LogP contribution >= 0.6 is 0 Å². The third-order valence-electron chi connectivity index (χ3n) is 4.48. The van der Waals surface area contributed by atoms with E-state index < -0.39 is 12.0 Å². The highest BCUT2D eigenvalue weighted by Crippen LogP contribution is 2.19. The summed E-state index contributed by atoms with van der Waals surface area (Å²) in [7, 11) is 0. The Balaban J connectivity index is 2.08. The molecule has 1 heterocycles. The molecule has 0 saturated carbocycles. The molecule has 1 aromatic carbocycles. The highest BCUT2D eigenvalue weighted by Gasteiger charge is 2.35. The SMILES string of the molecule is C=C(C)COc1cccc(C(=O)N2CCNC(=O)C2CC(=O)OCCC(C)C)c1. The second kappa shape index (κ2) is 10.6. The van der Waals surface area contributed by atoms with Crippen molar-refractivity contribution in [2.45, 2.75) is 39.7 Å². The summed E-state index contributed by atoms with van der Waals surface area (Å²) < 4.78 is 10.8. The van der Waals surface area contributed by atoms with Gasteiger partial charge in [0.1, 0.15) is 18.4 Å². The number of nitrogens with one attached hydrogen (secondary N) is 1. The lowest BCUT2D eigenvalue weighted by Crippen LogP contribution is -2.57. The summed E-state index contributed by atoms with van der Waals surface area (Å²) in [6.07, 6.45) is 0.587. The van der Waals surface area contributed by atoms with Crippen LogP contribution in [0.5, 0.6) is 5.75 Å². The quantitative estimate of drug-likeness (QED) is 0.507. The Labute approximate surface area is 172 Å². The first kappa shape index (κ1) is 22.5. The molecule has 7 nitrogen and oxygen atoms in total. The van der Waals surface area contributed by atoms with Crippen LogP contribution in [0.4, 0.5) is 0 Å². The van der Waals surface area contributed by atoms with Crippen LogP contribution < -0.4 is 10.1 Å². The number of benzene rings is 1. The molecule has 0 aliphatic carbocycles. The minimum atomic E-state index is -0.886. The van der Waals surface area contributed by atoms with E-state index in [1.54, 1.807) is 24.3 Å². The average Bonchev–Trinajstić information content (AvgIpc) is 2.67. The van der Waals surface area contributed by atoms with Gasteiger partial charge in [-0.25, -0.2) is 0 Å². The van der Waals surface area contributed by atoms with Gasteiger partial charge in [-0.15, -0.1) is 0 Å². The van der Waals surface area contributed by atoms with E-state index >= 15 is 0 Å². The molecule has 1 fully saturated rings. The number of carbonyl (C=O) groups is 3. The van der Waals surface area contributed by atoms with E-state index in [9.17, 15) is 14.4 Å². The molecule has 1 saturated heterocycles. The maximum atomic E-state index is 13.1. The minimum absolute atomic E-state index is 0.165. The Morgan fingerprint density at radius 2 is 2.10 bits per heavy atom. The first-order chi connectivity index (χ1) is 13.8. The number of carbonyl (C=O) groups excluding carboxylic acids is 3. The van der Waals surface area contributed by atoms with Crippen molar-refractivity contribution in [3.63, 3.8) is 0 Å². The van der Waals surface area contributed by atoms with Crippen molar-refractivity contribution in [3.8, 4) is 5.75 Å². The van der Waals surface area contributed by atoms with Gasteiger partial charge >= 0.3 is 5.97 Å². The number of rotatable bonds is 9. The summed E-state index contributed by atoms with van der Waals surface area (Å²) in [5.74, 6) is -0.187. The second-order valence-corrected chi connectivity index (χ2v) is 7.69. The molecule has 2 rings (SSSR count). The van der Waals surface area contributed by atoms with Gasteiger partial charge in [-0.3, -0.25) is 14.4 Å². The van der Waals surface area contributed by atoms with Crippen molar-refractivity contribution < 1.29 is 23.9 Å².